The van der Waals surface area contributed by atoms with Gasteiger partial charge < -0.3 is 14.8 Å². The molecule has 1 saturated heterocycles. The van der Waals surface area contributed by atoms with Crippen LogP contribution in [0.4, 0.5) is 5.69 Å². The third-order valence-corrected chi connectivity index (χ3v) is 3.37. The van der Waals surface area contributed by atoms with Gasteiger partial charge in [0.15, 0.2) is 0 Å². The SMILES string of the molecule is COc1ccc(NC2CCOC(C(C)C)C2)cn1. The fourth-order valence-electron chi connectivity index (χ4n) is 2.25. The minimum Gasteiger partial charge on any atom is -0.481 e. The number of nitrogens with zero attached hydrogens (tertiary/aromatic N) is 1. The summed E-state index contributed by atoms with van der Waals surface area (Å²) in [6, 6.07) is 4.36. The van der Waals surface area contributed by atoms with Crippen LogP contribution in [-0.2, 0) is 4.74 Å². The van der Waals surface area contributed by atoms with E-state index in [9.17, 15) is 0 Å². The fourth-order valence-corrected chi connectivity index (χ4v) is 2.25. The molecule has 1 aliphatic rings. The average molecular weight is 250 g/mol. The summed E-state index contributed by atoms with van der Waals surface area (Å²) in [6.07, 6.45) is 4.29. The molecule has 1 aliphatic heterocycles. The highest BCUT2D eigenvalue weighted by Crippen LogP contribution is 2.23. The number of methoxy groups -OCH3 is 1. The van der Waals surface area contributed by atoms with Crippen molar-refractivity contribution < 1.29 is 9.47 Å². The molecule has 0 radical (unpaired) electrons. The van der Waals surface area contributed by atoms with Crippen molar-refractivity contribution in [3.63, 3.8) is 0 Å². The zero-order chi connectivity index (χ0) is 13.0. The predicted molar refractivity (Wildman–Crippen MR) is 72.0 cm³/mol. The Kier molecular flexibility index (Phi) is 4.42. The Balaban J connectivity index is 1.91. The highest BCUT2D eigenvalue weighted by atomic mass is 16.5. The van der Waals surface area contributed by atoms with Crippen LogP contribution in [0, 0.1) is 5.92 Å². The quantitative estimate of drug-likeness (QED) is 0.892. The van der Waals surface area contributed by atoms with Gasteiger partial charge in [-0.15, -0.1) is 0 Å². The fraction of sp³-hybridized carbons (Fsp3) is 0.643. The minimum atomic E-state index is 0.363. The Labute approximate surface area is 109 Å². The number of rotatable bonds is 4. The standard InChI is InChI=1S/C14H22N2O2/c1-10(2)13-8-11(6-7-18-13)16-12-4-5-14(17-3)15-9-12/h4-5,9-11,13,16H,6-8H2,1-3H3. The topological polar surface area (TPSA) is 43.4 Å². The first-order chi connectivity index (χ1) is 8.69. The van der Waals surface area contributed by atoms with Gasteiger partial charge in [-0.3, -0.25) is 0 Å². The van der Waals surface area contributed by atoms with Crippen LogP contribution in [0.2, 0.25) is 0 Å². The molecule has 1 aromatic heterocycles. The van der Waals surface area contributed by atoms with Crippen LogP contribution in [0.25, 0.3) is 0 Å². The van der Waals surface area contributed by atoms with Gasteiger partial charge in [0.25, 0.3) is 0 Å². The molecule has 0 spiro atoms. The molecule has 2 atom stereocenters. The van der Waals surface area contributed by atoms with Crippen molar-refractivity contribution in [1.82, 2.24) is 4.98 Å². The van der Waals surface area contributed by atoms with Gasteiger partial charge in [-0.05, 0) is 24.8 Å². The number of aromatic nitrogens is 1. The van der Waals surface area contributed by atoms with Gasteiger partial charge >= 0.3 is 0 Å². The van der Waals surface area contributed by atoms with Crippen molar-refractivity contribution >= 4 is 5.69 Å². The maximum absolute atomic E-state index is 5.77. The summed E-state index contributed by atoms with van der Waals surface area (Å²) < 4.78 is 10.8. The summed E-state index contributed by atoms with van der Waals surface area (Å²) in [6.45, 7) is 5.26. The van der Waals surface area contributed by atoms with Gasteiger partial charge in [-0.2, -0.15) is 0 Å². The summed E-state index contributed by atoms with van der Waals surface area (Å²) in [5, 5.41) is 3.52. The maximum atomic E-state index is 5.77. The third-order valence-electron chi connectivity index (χ3n) is 3.37. The molecule has 1 fully saturated rings. The summed E-state index contributed by atoms with van der Waals surface area (Å²) in [5.41, 5.74) is 1.05. The van der Waals surface area contributed by atoms with E-state index in [1.807, 2.05) is 18.3 Å². The molecule has 2 heterocycles. The van der Waals surface area contributed by atoms with Crippen molar-refractivity contribution in [3.05, 3.63) is 18.3 Å². The molecule has 0 saturated carbocycles. The summed E-state index contributed by atoms with van der Waals surface area (Å²) >= 11 is 0. The second kappa shape index (κ2) is 6.05. The minimum absolute atomic E-state index is 0.363. The molecule has 1 aromatic rings. The van der Waals surface area contributed by atoms with E-state index >= 15 is 0 Å². The van der Waals surface area contributed by atoms with Crippen LogP contribution in [0.1, 0.15) is 26.7 Å². The van der Waals surface area contributed by atoms with E-state index in [2.05, 4.69) is 24.1 Å². The molecule has 1 N–H and O–H groups in total. The number of nitrogens with one attached hydrogen (secondary N) is 1. The monoisotopic (exact) mass is 250 g/mol. The molecule has 0 bridgehead atoms. The van der Waals surface area contributed by atoms with Crippen LogP contribution in [-0.4, -0.2) is 30.8 Å². The van der Waals surface area contributed by atoms with Gasteiger partial charge in [-0.1, -0.05) is 13.8 Å². The number of hydrogen-bond donors (Lipinski definition) is 1. The summed E-state index contributed by atoms with van der Waals surface area (Å²) in [5.74, 6) is 1.22. The maximum Gasteiger partial charge on any atom is 0.213 e. The van der Waals surface area contributed by atoms with E-state index < -0.39 is 0 Å². The van der Waals surface area contributed by atoms with Crippen LogP contribution in [0.3, 0.4) is 0 Å². The number of hydrogen-bond acceptors (Lipinski definition) is 4. The molecule has 4 heteroatoms. The predicted octanol–water partition coefficient (Wildman–Crippen LogP) is 2.71. The molecule has 0 aromatic carbocycles. The lowest BCUT2D eigenvalue weighted by Gasteiger charge is -2.32. The van der Waals surface area contributed by atoms with Gasteiger partial charge in [0.05, 0.1) is 25.1 Å². The van der Waals surface area contributed by atoms with E-state index in [-0.39, 0.29) is 0 Å². The third kappa shape index (κ3) is 3.35. The number of ether oxygens (including phenoxy) is 2. The smallest absolute Gasteiger partial charge is 0.213 e. The number of pyridine rings is 1. The molecule has 2 unspecified atom stereocenters. The van der Waals surface area contributed by atoms with Crippen LogP contribution in [0.5, 0.6) is 5.88 Å². The first-order valence-corrected chi connectivity index (χ1v) is 6.57. The van der Waals surface area contributed by atoms with E-state index in [0.29, 0.717) is 23.9 Å². The van der Waals surface area contributed by atoms with Crippen LogP contribution in [0.15, 0.2) is 18.3 Å². The molecule has 2 rings (SSSR count). The molecular weight excluding hydrogens is 228 g/mol. The van der Waals surface area contributed by atoms with E-state index in [1.165, 1.54) is 0 Å². The highest BCUT2D eigenvalue weighted by Gasteiger charge is 2.24. The highest BCUT2D eigenvalue weighted by molar-refractivity contribution is 5.43. The molecule has 18 heavy (non-hydrogen) atoms. The lowest BCUT2D eigenvalue weighted by atomic mass is 9.95. The molecule has 100 valence electrons. The Bertz CT molecular complexity index is 365. The van der Waals surface area contributed by atoms with Crippen LogP contribution < -0.4 is 10.1 Å². The largest absolute Gasteiger partial charge is 0.481 e. The van der Waals surface area contributed by atoms with Crippen LogP contribution >= 0.6 is 0 Å². The number of anilines is 1. The first-order valence-electron chi connectivity index (χ1n) is 6.57. The average Bonchev–Trinajstić information content (AvgIpc) is 2.40. The molecule has 0 amide bonds. The Morgan fingerprint density at radius 2 is 2.28 bits per heavy atom. The first kappa shape index (κ1) is 13.1. The van der Waals surface area contributed by atoms with Crippen molar-refractivity contribution in [2.45, 2.75) is 38.8 Å². The summed E-state index contributed by atoms with van der Waals surface area (Å²) in [4.78, 5) is 4.20. The van der Waals surface area contributed by atoms with Crippen molar-refractivity contribution in [1.29, 1.82) is 0 Å². The summed E-state index contributed by atoms with van der Waals surface area (Å²) in [7, 11) is 1.63. The van der Waals surface area contributed by atoms with Crippen molar-refractivity contribution in [2.24, 2.45) is 5.92 Å². The van der Waals surface area contributed by atoms with Gasteiger partial charge in [0.1, 0.15) is 0 Å². The zero-order valence-electron chi connectivity index (χ0n) is 11.3. The molecule has 0 aliphatic carbocycles. The van der Waals surface area contributed by atoms with Crippen molar-refractivity contribution in [3.8, 4) is 5.88 Å². The molecule has 4 nitrogen and oxygen atoms in total. The van der Waals surface area contributed by atoms with E-state index in [0.717, 1.165) is 25.1 Å². The van der Waals surface area contributed by atoms with Gasteiger partial charge in [0, 0.05) is 18.7 Å². The second-order valence-corrected chi connectivity index (χ2v) is 5.11. The lowest BCUT2D eigenvalue weighted by molar-refractivity contribution is -0.0160. The normalized spacial score (nSPS) is 24.0. The molecular formula is C14H22N2O2. The lowest BCUT2D eigenvalue weighted by Crippen LogP contribution is -2.36. The van der Waals surface area contributed by atoms with Gasteiger partial charge in [-0.25, -0.2) is 4.98 Å². The zero-order valence-corrected chi connectivity index (χ0v) is 11.3. The van der Waals surface area contributed by atoms with Gasteiger partial charge in [0.2, 0.25) is 5.88 Å². The van der Waals surface area contributed by atoms with E-state index in [4.69, 9.17) is 9.47 Å². The Morgan fingerprint density at radius 3 is 2.89 bits per heavy atom. The second-order valence-electron chi connectivity index (χ2n) is 5.11. The van der Waals surface area contributed by atoms with E-state index in [1.54, 1.807) is 7.11 Å². The Morgan fingerprint density at radius 1 is 1.44 bits per heavy atom. The van der Waals surface area contributed by atoms with Crippen molar-refractivity contribution in [2.75, 3.05) is 19.0 Å². The Hall–Kier alpha value is -1.29.